The molecule has 0 radical (unpaired) electrons. The maximum absolute atomic E-state index is 5.34. The molecule has 2 heteroatoms. The number of ether oxygens (including phenoxy) is 1. The van der Waals surface area contributed by atoms with Gasteiger partial charge in [-0.15, -0.1) is 0 Å². The van der Waals surface area contributed by atoms with Crippen molar-refractivity contribution in [1.29, 1.82) is 0 Å². The molecule has 0 aliphatic carbocycles. The van der Waals surface area contributed by atoms with E-state index < -0.39 is 0 Å². The Bertz CT molecular complexity index is 261. The Kier molecular flexibility index (Phi) is 2.69. The van der Waals surface area contributed by atoms with Gasteiger partial charge in [-0.25, -0.2) is 0 Å². The number of aryl methyl sites for hydroxylation is 1. The lowest BCUT2D eigenvalue weighted by molar-refractivity contribution is 0.0611. The summed E-state index contributed by atoms with van der Waals surface area (Å²) < 4.78 is 7.68. The second-order valence-electron chi connectivity index (χ2n) is 3.86. The van der Waals surface area contributed by atoms with Crippen molar-refractivity contribution in [3.05, 3.63) is 24.0 Å². The minimum absolute atomic E-state index is 0.819. The Hall–Kier alpha value is -0.760. The molecule has 0 unspecified atom stereocenters. The Balaban J connectivity index is 1.93. The Labute approximate surface area is 79.5 Å². The average molecular weight is 179 g/mol. The van der Waals surface area contributed by atoms with Crippen LogP contribution < -0.4 is 0 Å². The molecular weight excluding hydrogens is 162 g/mol. The van der Waals surface area contributed by atoms with Crippen LogP contribution in [0.5, 0.6) is 0 Å². The van der Waals surface area contributed by atoms with Gasteiger partial charge in [-0.1, -0.05) is 0 Å². The van der Waals surface area contributed by atoms with Gasteiger partial charge in [0.2, 0.25) is 0 Å². The molecule has 0 saturated carbocycles. The van der Waals surface area contributed by atoms with E-state index in [0.29, 0.717) is 0 Å². The monoisotopic (exact) mass is 179 g/mol. The molecule has 0 spiro atoms. The highest BCUT2D eigenvalue weighted by molar-refractivity contribution is 5.04. The highest BCUT2D eigenvalue weighted by Crippen LogP contribution is 2.17. The van der Waals surface area contributed by atoms with Crippen molar-refractivity contribution in [2.45, 2.75) is 26.3 Å². The van der Waals surface area contributed by atoms with Gasteiger partial charge in [0.1, 0.15) is 0 Å². The Morgan fingerprint density at radius 2 is 2.23 bits per heavy atom. The number of hydrogen-bond donors (Lipinski definition) is 0. The number of aromatic nitrogens is 1. The maximum Gasteiger partial charge on any atom is 0.0469 e. The van der Waals surface area contributed by atoms with Gasteiger partial charge >= 0.3 is 0 Å². The molecule has 0 aromatic carbocycles. The number of nitrogens with zero attached hydrogens (tertiary/aromatic N) is 1. The lowest BCUT2D eigenvalue weighted by Crippen LogP contribution is -2.20. The van der Waals surface area contributed by atoms with Crippen molar-refractivity contribution < 1.29 is 4.74 Å². The summed E-state index contributed by atoms with van der Waals surface area (Å²) in [6.45, 7) is 5.23. The Morgan fingerprint density at radius 3 is 2.85 bits per heavy atom. The molecule has 2 rings (SSSR count). The van der Waals surface area contributed by atoms with E-state index in [1.165, 1.54) is 25.1 Å². The normalized spacial score (nSPS) is 19.2. The van der Waals surface area contributed by atoms with Crippen molar-refractivity contribution >= 4 is 0 Å². The van der Waals surface area contributed by atoms with Crippen LogP contribution in [-0.4, -0.2) is 17.8 Å². The predicted molar refractivity (Wildman–Crippen MR) is 52.7 cm³/mol. The average Bonchev–Trinajstić information content (AvgIpc) is 2.54. The third kappa shape index (κ3) is 2.13. The minimum atomic E-state index is 0.819. The fourth-order valence-corrected chi connectivity index (χ4v) is 1.91. The van der Waals surface area contributed by atoms with Crippen LogP contribution in [0.1, 0.15) is 18.5 Å². The fraction of sp³-hybridized carbons (Fsp3) is 0.636. The lowest BCUT2D eigenvalue weighted by Gasteiger charge is -2.23. The summed E-state index contributed by atoms with van der Waals surface area (Å²) in [6.07, 6.45) is 4.61. The third-order valence-corrected chi connectivity index (χ3v) is 2.85. The van der Waals surface area contributed by atoms with Crippen LogP contribution in [-0.2, 0) is 11.3 Å². The van der Waals surface area contributed by atoms with E-state index in [9.17, 15) is 0 Å². The molecule has 0 bridgehead atoms. The molecule has 72 valence electrons. The zero-order valence-electron chi connectivity index (χ0n) is 8.20. The summed E-state index contributed by atoms with van der Waals surface area (Å²) in [5, 5.41) is 0. The maximum atomic E-state index is 5.34. The molecule has 13 heavy (non-hydrogen) atoms. The first-order chi connectivity index (χ1) is 6.36. The summed E-state index contributed by atoms with van der Waals surface area (Å²) in [5.41, 5.74) is 1.37. The second-order valence-corrected chi connectivity index (χ2v) is 3.86. The first-order valence-corrected chi connectivity index (χ1v) is 5.06. The molecular formula is C11H17NO. The summed E-state index contributed by atoms with van der Waals surface area (Å²) >= 11 is 0. The smallest absolute Gasteiger partial charge is 0.0469 e. The van der Waals surface area contributed by atoms with Crippen molar-refractivity contribution in [2.24, 2.45) is 5.92 Å². The van der Waals surface area contributed by atoms with Gasteiger partial charge < -0.3 is 9.30 Å². The van der Waals surface area contributed by atoms with Gasteiger partial charge in [0.05, 0.1) is 0 Å². The summed E-state index contributed by atoms with van der Waals surface area (Å²) in [7, 11) is 0. The third-order valence-electron chi connectivity index (χ3n) is 2.85. The van der Waals surface area contributed by atoms with E-state index in [1.807, 2.05) is 0 Å². The zero-order valence-corrected chi connectivity index (χ0v) is 8.20. The lowest BCUT2D eigenvalue weighted by atomic mass is 10.0. The van der Waals surface area contributed by atoms with Gasteiger partial charge in [0.15, 0.2) is 0 Å². The number of hydrogen-bond acceptors (Lipinski definition) is 1. The molecule has 1 aromatic heterocycles. The molecule has 0 amide bonds. The highest BCUT2D eigenvalue weighted by Gasteiger charge is 2.14. The predicted octanol–water partition coefficient (Wildman–Crippen LogP) is 2.22. The van der Waals surface area contributed by atoms with Crippen LogP contribution in [0.3, 0.4) is 0 Å². The minimum Gasteiger partial charge on any atom is -0.381 e. The number of rotatable bonds is 2. The van der Waals surface area contributed by atoms with Crippen LogP contribution in [0.25, 0.3) is 0 Å². The molecule has 0 N–H and O–H groups in total. The first-order valence-electron chi connectivity index (χ1n) is 5.06. The van der Waals surface area contributed by atoms with Crippen LogP contribution in [0.4, 0.5) is 0 Å². The summed E-state index contributed by atoms with van der Waals surface area (Å²) in [6, 6.07) is 4.29. The van der Waals surface area contributed by atoms with E-state index >= 15 is 0 Å². The SMILES string of the molecule is Cc1cccn1CC1CCOCC1. The van der Waals surface area contributed by atoms with E-state index in [4.69, 9.17) is 4.74 Å². The second kappa shape index (κ2) is 3.97. The molecule has 2 nitrogen and oxygen atoms in total. The highest BCUT2D eigenvalue weighted by atomic mass is 16.5. The fourth-order valence-electron chi connectivity index (χ4n) is 1.91. The molecule has 1 fully saturated rings. The van der Waals surface area contributed by atoms with Crippen LogP contribution in [0, 0.1) is 12.8 Å². The van der Waals surface area contributed by atoms with E-state index in [2.05, 4.69) is 29.8 Å². The topological polar surface area (TPSA) is 14.2 Å². The summed E-state index contributed by atoms with van der Waals surface area (Å²) in [5.74, 6) is 0.819. The van der Waals surface area contributed by atoms with Crippen molar-refractivity contribution in [3.63, 3.8) is 0 Å². The quantitative estimate of drug-likeness (QED) is 0.679. The molecule has 1 aliphatic rings. The van der Waals surface area contributed by atoms with Gasteiger partial charge in [-0.2, -0.15) is 0 Å². The van der Waals surface area contributed by atoms with Gasteiger partial charge in [-0.05, 0) is 37.8 Å². The Morgan fingerprint density at radius 1 is 1.46 bits per heavy atom. The van der Waals surface area contributed by atoms with Crippen molar-refractivity contribution in [3.8, 4) is 0 Å². The van der Waals surface area contributed by atoms with Crippen molar-refractivity contribution in [2.75, 3.05) is 13.2 Å². The van der Waals surface area contributed by atoms with E-state index in [1.54, 1.807) is 0 Å². The van der Waals surface area contributed by atoms with Crippen LogP contribution in [0.15, 0.2) is 18.3 Å². The van der Waals surface area contributed by atoms with Crippen molar-refractivity contribution in [1.82, 2.24) is 4.57 Å². The van der Waals surface area contributed by atoms with Gasteiger partial charge in [0.25, 0.3) is 0 Å². The first kappa shape index (κ1) is 8.82. The van der Waals surface area contributed by atoms with Gasteiger partial charge in [0, 0.05) is 31.6 Å². The van der Waals surface area contributed by atoms with Gasteiger partial charge in [-0.3, -0.25) is 0 Å². The molecule has 2 heterocycles. The standard InChI is InChI=1S/C11H17NO/c1-10-3-2-6-12(10)9-11-4-7-13-8-5-11/h2-3,6,11H,4-5,7-9H2,1H3. The van der Waals surface area contributed by atoms with Crippen LogP contribution >= 0.6 is 0 Å². The molecule has 1 aromatic rings. The molecule has 0 atom stereocenters. The molecule has 1 aliphatic heterocycles. The largest absolute Gasteiger partial charge is 0.381 e. The van der Waals surface area contributed by atoms with E-state index in [0.717, 1.165) is 19.1 Å². The zero-order chi connectivity index (χ0) is 9.10. The molecule has 1 saturated heterocycles. The van der Waals surface area contributed by atoms with Crippen LogP contribution in [0.2, 0.25) is 0 Å². The van der Waals surface area contributed by atoms with E-state index in [-0.39, 0.29) is 0 Å². The summed E-state index contributed by atoms with van der Waals surface area (Å²) in [4.78, 5) is 0.